The first-order valence-electron chi connectivity index (χ1n) is 6.73. The summed E-state index contributed by atoms with van der Waals surface area (Å²) in [6, 6.07) is 8.43. The maximum atomic E-state index is 13.3. The molecule has 0 saturated carbocycles. The molecule has 2 rings (SSSR count). The van der Waals surface area contributed by atoms with Gasteiger partial charge in [-0.1, -0.05) is 30.3 Å². The summed E-state index contributed by atoms with van der Waals surface area (Å²) in [5, 5.41) is 6.35. The second-order valence-electron chi connectivity index (χ2n) is 5.37. The van der Waals surface area contributed by atoms with Gasteiger partial charge in [0.05, 0.1) is 0 Å². The number of aliphatic hydroxyl groups is 1. The minimum atomic E-state index is -5.59. The third kappa shape index (κ3) is 4.04. The van der Waals surface area contributed by atoms with Crippen molar-refractivity contribution in [2.45, 2.75) is 11.5 Å². The zero-order chi connectivity index (χ0) is 19.0. The van der Waals surface area contributed by atoms with Gasteiger partial charge in [-0.15, -0.1) is 0 Å². The molecule has 0 aliphatic rings. The number of hydrogen-bond acceptors (Lipinski definition) is 3. The Balaban J connectivity index is 2.46. The van der Waals surface area contributed by atoms with Gasteiger partial charge in [0.25, 0.3) is 5.08 Å². The molecule has 7 nitrogen and oxygen atoms in total. The Bertz CT molecular complexity index is 868. The van der Waals surface area contributed by atoms with Crippen molar-refractivity contribution >= 4 is 15.2 Å². The van der Waals surface area contributed by atoms with Crippen molar-refractivity contribution in [3.05, 3.63) is 59.7 Å². The van der Waals surface area contributed by atoms with Crippen LogP contribution in [0, 0.1) is 11.6 Å². The standard InChI is InChI=1S/C14H14F2O7P2/c15-12-5-4-11(7-13(12)16)10-3-1-2-9(6-10)8-14(17,24(18,19)20)25(21,22)23/h1-7,17H,8H2,(H2,18,19,20)(H2,21,22,23). The lowest BCUT2D eigenvalue weighted by Crippen LogP contribution is -2.31. The fourth-order valence-electron chi connectivity index (χ4n) is 2.19. The van der Waals surface area contributed by atoms with Crippen molar-refractivity contribution in [3.63, 3.8) is 0 Å². The molecule has 5 N–H and O–H groups in total. The lowest BCUT2D eigenvalue weighted by Gasteiger charge is -2.29. The second-order valence-corrected chi connectivity index (χ2v) is 9.38. The Hall–Kier alpha value is -1.44. The molecular weight excluding hydrogens is 380 g/mol. The maximum absolute atomic E-state index is 13.3. The fraction of sp³-hybridized carbons (Fsp3) is 0.143. The average molecular weight is 394 g/mol. The molecule has 0 saturated heterocycles. The minimum Gasteiger partial charge on any atom is -0.367 e. The Labute approximate surface area is 140 Å². The Morgan fingerprint density at radius 3 is 1.92 bits per heavy atom. The minimum absolute atomic E-state index is 0.0172. The molecule has 0 heterocycles. The predicted molar refractivity (Wildman–Crippen MR) is 84.5 cm³/mol. The molecule has 0 aliphatic heterocycles. The van der Waals surface area contributed by atoms with Gasteiger partial charge in [-0.3, -0.25) is 9.13 Å². The lowest BCUT2D eigenvalue weighted by molar-refractivity contribution is 0.131. The summed E-state index contributed by atoms with van der Waals surface area (Å²) in [6.45, 7) is 0. The van der Waals surface area contributed by atoms with Crippen molar-refractivity contribution in [2.24, 2.45) is 0 Å². The molecule has 0 bridgehead atoms. The van der Waals surface area contributed by atoms with Crippen LogP contribution in [-0.2, 0) is 15.6 Å². The van der Waals surface area contributed by atoms with E-state index in [1.807, 2.05) is 0 Å². The molecule has 25 heavy (non-hydrogen) atoms. The SMILES string of the molecule is O=P(O)(O)C(O)(Cc1cccc(-c2ccc(F)c(F)c2)c1)P(=O)(O)O. The number of benzene rings is 2. The van der Waals surface area contributed by atoms with Crippen molar-refractivity contribution in [1.82, 2.24) is 0 Å². The van der Waals surface area contributed by atoms with Gasteiger partial charge >= 0.3 is 15.2 Å². The Kier molecular flexibility index (Phi) is 5.33. The molecule has 0 radical (unpaired) electrons. The third-order valence-electron chi connectivity index (χ3n) is 3.55. The van der Waals surface area contributed by atoms with E-state index in [9.17, 15) is 23.0 Å². The predicted octanol–water partition coefficient (Wildman–Crippen LogP) is 2.18. The summed E-state index contributed by atoms with van der Waals surface area (Å²) in [5.74, 6) is -2.16. The molecule has 2 aromatic rings. The van der Waals surface area contributed by atoms with Crippen LogP contribution in [0.5, 0.6) is 0 Å². The first-order valence-corrected chi connectivity index (χ1v) is 9.96. The summed E-state index contributed by atoms with van der Waals surface area (Å²) >= 11 is 0. The van der Waals surface area contributed by atoms with Crippen LogP contribution in [0.1, 0.15) is 5.56 Å². The Morgan fingerprint density at radius 2 is 1.40 bits per heavy atom. The van der Waals surface area contributed by atoms with Crippen LogP contribution in [0.25, 0.3) is 11.1 Å². The van der Waals surface area contributed by atoms with Crippen LogP contribution in [0.2, 0.25) is 0 Å². The molecule has 11 heteroatoms. The highest BCUT2D eigenvalue weighted by Gasteiger charge is 2.59. The number of hydrogen-bond donors (Lipinski definition) is 5. The number of halogens is 2. The van der Waals surface area contributed by atoms with E-state index in [0.717, 1.165) is 12.1 Å². The second kappa shape index (κ2) is 6.70. The van der Waals surface area contributed by atoms with Crippen LogP contribution in [0.15, 0.2) is 42.5 Å². The largest absolute Gasteiger partial charge is 0.369 e. The van der Waals surface area contributed by atoms with E-state index in [-0.39, 0.29) is 11.1 Å². The number of rotatable bonds is 5. The van der Waals surface area contributed by atoms with E-state index in [1.165, 1.54) is 30.3 Å². The maximum Gasteiger partial charge on any atom is 0.369 e. The van der Waals surface area contributed by atoms with Crippen LogP contribution in [-0.4, -0.2) is 29.8 Å². The van der Waals surface area contributed by atoms with Gasteiger partial charge < -0.3 is 24.7 Å². The molecule has 0 unspecified atom stereocenters. The first-order chi connectivity index (χ1) is 11.3. The van der Waals surface area contributed by atoms with Gasteiger partial charge in [0.1, 0.15) is 0 Å². The lowest BCUT2D eigenvalue weighted by atomic mass is 10.0. The summed E-state index contributed by atoms with van der Waals surface area (Å²) in [5.41, 5.74) is 0.517. The van der Waals surface area contributed by atoms with E-state index in [4.69, 9.17) is 19.6 Å². The fourth-order valence-corrected chi connectivity index (χ4v) is 4.32. The summed E-state index contributed by atoms with van der Waals surface area (Å²) in [6.07, 6.45) is -1.04. The molecular formula is C14H14F2O7P2. The van der Waals surface area contributed by atoms with Crippen molar-refractivity contribution in [1.29, 1.82) is 0 Å². The van der Waals surface area contributed by atoms with Crippen LogP contribution in [0.3, 0.4) is 0 Å². The Morgan fingerprint density at radius 1 is 0.840 bits per heavy atom. The first kappa shape index (κ1) is 19.9. The summed E-state index contributed by atoms with van der Waals surface area (Å²) < 4.78 is 49.1. The molecule has 0 spiro atoms. The van der Waals surface area contributed by atoms with Crippen molar-refractivity contribution in [3.8, 4) is 11.1 Å². The van der Waals surface area contributed by atoms with Crippen LogP contribution >= 0.6 is 15.2 Å². The highest BCUT2D eigenvalue weighted by Crippen LogP contribution is 2.68. The van der Waals surface area contributed by atoms with Gasteiger partial charge in [-0.25, -0.2) is 8.78 Å². The van der Waals surface area contributed by atoms with E-state index in [2.05, 4.69) is 0 Å². The molecule has 0 fully saturated rings. The van der Waals surface area contributed by atoms with Crippen molar-refractivity contribution in [2.75, 3.05) is 0 Å². The monoisotopic (exact) mass is 394 g/mol. The smallest absolute Gasteiger partial charge is 0.367 e. The molecule has 0 aliphatic carbocycles. The highest BCUT2D eigenvalue weighted by atomic mass is 31.2. The molecule has 0 amide bonds. The van der Waals surface area contributed by atoms with Gasteiger partial charge in [0, 0.05) is 6.42 Å². The zero-order valence-electron chi connectivity index (χ0n) is 12.5. The molecule has 0 aromatic heterocycles. The van der Waals surface area contributed by atoms with Crippen molar-refractivity contribution < 1.29 is 42.6 Å². The zero-order valence-corrected chi connectivity index (χ0v) is 14.2. The van der Waals surface area contributed by atoms with E-state index < -0.39 is 38.3 Å². The van der Waals surface area contributed by atoms with E-state index >= 15 is 0 Å². The third-order valence-corrected chi connectivity index (χ3v) is 7.30. The normalized spacial score (nSPS) is 13.1. The van der Waals surface area contributed by atoms with Gasteiger partial charge in [-0.2, -0.15) is 0 Å². The van der Waals surface area contributed by atoms with E-state index in [0.29, 0.717) is 5.56 Å². The van der Waals surface area contributed by atoms with E-state index in [1.54, 1.807) is 0 Å². The summed E-state index contributed by atoms with van der Waals surface area (Å²) in [4.78, 5) is 36.7. The molecule has 136 valence electrons. The average Bonchev–Trinajstić information content (AvgIpc) is 2.48. The van der Waals surface area contributed by atoms with Gasteiger partial charge in [0.15, 0.2) is 11.6 Å². The molecule has 2 aromatic carbocycles. The van der Waals surface area contributed by atoms with Gasteiger partial charge in [0.2, 0.25) is 0 Å². The van der Waals surface area contributed by atoms with Gasteiger partial charge in [-0.05, 0) is 28.8 Å². The van der Waals surface area contributed by atoms with Crippen LogP contribution < -0.4 is 0 Å². The topological polar surface area (TPSA) is 135 Å². The molecule has 0 atom stereocenters. The quantitative estimate of drug-likeness (QED) is 0.491. The summed E-state index contributed by atoms with van der Waals surface area (Å²) in [7, 11) is -11.2. The van der Waals surface area contributed by atoms with Crippen LogP contribution in [0.4, 0.5) is 8.78 Å². The highest BCUT2D eigenvalue weighted by molar-refractivity contribution is 7.72.